The molecule has 29 heavy (non-hydrogen) atoms. The van der Waals surface area contributed by atoms with E-state index in [0.29, 0.717) is 6.54 Å². The maximum atomic E-state index is 13.3. The van der Waals surface area contributed by atoms with Crippen LogP contribution in [-0.4, -0.2) is 20.9 Å². The van der Waals surface area contributed by atoms with Crippen molar-refractivity contribution in [3.05, 3.63) is 89.7 Å². The standard InChI is InChI=1S/C22H19FN2O3S/c23-17-11-13-18(14-12-17)29(27,28)24-20-9-3-2-8-19(20)22(26)25-15-5-7-16-6-1-4-10-21(16)25/h1-4,6,8-14,24H,5,7,15H2. The molecule has 0 fully saturated rings. The van der Waals surface area contributed by atoms with Gasteiger partial charge in [0.15, 0.2) is 0 Å². The Morgan fingerprint density at radius 1 is 0.931 bits per heavy atom. The van der Waals surface area contributed by atoms with E-state index in [-0.39, 0.29) is 22.1 Å². The quantitative estimate of drug-likeness (QED) is 0.700. The zero-order valence-electron chi connectivity index (χ0n) is 15.5. The summed E-state index contributed by atoms with van der Waals surface area (Å²) < 4.78 is 41.0. The maximum Gasteiger partial charge on any atom is 0.261 e. The summed E-state index contributed by atoms with van der Waals surface area (Å²) in [5.74, 6) is -0.794. The van der Waals surface area contributed by atoms with Crippen molar-refractivity contribution >= 4 is 27.3 Å². The molecule has 0 saturated heterocycles. The summed E-state index contributed by atoms with van der Waals surface area (Å²) in [4.78, 5) is 14.9. The molecule has 4 rings (SSSR count). The summed E-state index contributed by atoms with van der Waals surface area (Å²) in [5, 5.41) is 0. The van der Waals surface area contributed by atoms with E-state index in [1.165, 1.54) is 12.1 Å². The summed E-state index contributed by atoms with van der Waals surface area (Å²) in [5.41, 5.74) is 2.39. The van der Waals surface area contributed by atoms with Crippen LogP contribution in [-0.2, 0) is 16.4 Å². The van der Waals surface area contributed by atoms with Crippen molar-refractivity contribution in [3.8, 4) is 0 Å². The van der Waals surface area contributed by atoms with Gasteiger partial charge in [0.05, 0.1) is 16.1 Å². The average molecular weight is 410 g/mol. The third-order valence-electron chi connectivity index (χ3n) is 4.88. The number of para-hydroxylation sites is 2. The molecule has 0 aliphatic carbocycles. The Hall–Kier alpha value is -3.19. The molecule has 0 aromatic heterocycles. The predicted octanol–water partition coefficient (Wildman–Crippen LogP) is 4.22. The number of hydrogen-bond donors (Lipinski definition) is 1. The summed E-state index contributed by atoms with van der Waals surface area (Å²) in [6.45, 7) is 0.564. The Morgan fingerprint density at radius 3 is 2.41 bits per heavy atom. The van der Waals surface area contributed by atoms with Gasteiger partial charge in [-0.1, -0.05) is 30.3 Å². The molecule has 1 N–H and O–H groups in total. The Kier molecular flexibility index (Phi) is 5.07. The van der Waals surface area contributed by atoms with Gasteiger partial charge in [-0.2, -0.15) is 0 Å². The fourth-order valence-corrected chi connectivity index (χ4v) is 4.55. The number of carbonyl (C=O) groups is 1. The van der Waals surface area contributed by atoms with Gasteiger partial charge in [0.25, 0.3) is 15.9 Å². The minimum Gasteiger partial charge on any atom is -0.308 e. The van der Waals surface area contributed by atoms with Crippen LogP contribution < -0.4 is 9.62 Å². The van der Waals surface area contributed by atoms with Crippen molar-refractivity contribution in [3.63, 3.8) is 0 Å². The van der Waals surface area contributed by atoms with E-state index in [1.807, 2.05) is 24.3 Å². The molecule has 3 aromatic carbocycles. The van der Waals surface area contributed by atoms with E-state index < -0.39 is 15.8 Å². The van der Waals surface area contributed by atoms with Gasteiger partial charge in [-0.05, 0) is 60.9 Å². The number of anilines is 2. The van der Waals surface area contributed by atoms with E-state index in [2.05, 4.69) is 4.72 Å². The molecule has 0 bridgehead atoms. The second-order valence-electron chi connectivity index (χ2n) is 6.79. The van der Waals surface area contributed by atoms with Crippen LogP contribution in [0.15, 0.2) is 77.7 Å². The lowest BCUT2D eigenvalue weighted by atomic mass is 10.0. The summed E-state index contributed by atoms with van der Waals surface area (Å²) in [6, 6.07) is 18.7. The molecule has 1 amide bonds. The average Bonchev–Trinajstić information content (AvgIpc) is 2.73. The molecule has 1 heterocycles. The first kappa shape index (κ1) is 19.1. The smallest absolute Gasteiger partial charge is 0.261 e. The lowest BCUT2D eigenvalue weighted by Gasteiger charge is -2.30. The molecule has 3 aromatic rings. The van der Waals surface area contributed by atoms with Crippen LogP contribution in [0.3, 0.4) is 0 Å². The van der Waals surface area contributed by atoms with Crippen molar-refractivity contribution in [1.82, 2.24) is 0 Å². The van der Waals surface area contributed by atoms with Crippen LogP contribution in [0.25, 0.3) is 0 Å². The molecular formula is C22H19FN2O3S. The molecule has 7 heteroatoms. The number of nitrogens with one attached hydrogen (secondary N) is 1. The Balaban J connectivity index is 1.67. The van der Waals surface area contributed by atoms with Crippen molar-refractivity contribution in [2.75, 3.05) is 16.2 Å². The summed E-state index contributed by atoms with van der Waals surface area (Å²) >= 11 is 0. The number of benzene rings is 3. The van der Waals surface area contributed by atoms with E-state index in [0.717, 1.165) is 36.2 Å². The highest BCUT2D eigenvalue weighted by Gasteiger charge is 2.26. The lowest BCUT2D eigenvalue weighted by molar-refractivity contribution is 0.0986. The first-order valence-electron chi connectivity index (χ1n) is 9.23. The molecule has 148 valence electrons. The largest absolute Gasteiger partial charge is 0.308 e. The second kappa shape index (κ2) is 7.67. The van der Waals surface area contributed by atoms with E-state index in [9.17, 15) is 17.6 Å². The van der Waals surface area contributed by atoms with Gasteiger partial charge in [-0.25, -0.2) is 12.8 Å². The zero-order valence-corrected chi connectivity index (χ0v) is 16.3. The molecule has 0 atom stereocenters. The van der Waals surface area contributed by atoms with Crippen LogP contribution in [0.2, 0.25) is 0 Å². The van der Waals surface area contributed by atoms with Crippen LogP contribution >= 0.6 is 0 Å². The molecule has 1 aliphatic heterocycles. The number of hydrogen-bond acceptors (Lipinski definition) is 3. The van der Waals surface area contributed by atoms with Gasteiger partial charge in [-0.3, -0.25) is 9.52 Å². The predicted molar refractivity (Wildman–Crippen MR) is 110 cm³/mol. The van der Waals surface area contributed by atoms with Crippen LogP contribution in [0.4, 0.5) is 15.8 Å². The highest BCUT2D eigenvalue weighted by molar-refractivity contribution is 7.92. The summed E-state index contributed by atoms with van der Waals surface area (Å²) in [6.07, 6.45) is 1.74. The van der Waals surface area contributed by atoms with Crippen molar-refractivity contribution in [2.45, 2.75) is 17.7 Å². The maximum absolute atomic E-state index is 13.3. The molecular weight excluding hydrogens is 391 g/mol. The third kappa shape index (κ3) is 3.86. The van der Waals surface area contributed by atoms with E-state index in [1.54, 1.807) is 29.2 Å². The highest BCUT2D eigenvalue weighted by Crippen LogP contribution is 2.30. The van der Waals surface area contributed by atoms with E-state index in [4.69, 9.17) is 0 Å². The Labute approximate surface area is 168 Å². The minimum atomic E-state index is -3.96. The molecule has 5 nitrogen and oxygen atoms in total. The monoisotopic (exact) mass is 410 g/mol. The molecule has 0 spiro atoms. The number of amides is 1. The number of fused-ring (bicyclic) bond motifs is 1. The van der Waals surface area contributed by atoms with Gasteiger partial charge in [0, 0.05) is 12.2 Å². The normalized spacial score (nSPS) is 13.6. The SMILES string of the molecule is O=C(c1ccccc1NS(=O)(=O)c1ccc(F)cc1)N1CCCc2ccccc21. The van der Waals surface area contributed by atoms with Crippen LogP contribution in [0.1, 0.15) is 22.3 Å². The molecule has 1 aliphatic rings. The number of rotatable bonds is 4. The second-order valence-corrected chi connectivity index (χ2v) is 8.48. The van der Waals surface area contributed by atoms with Gasteiger partial charge in [0.1, 0.15) is 5.82 Å². The summed E-state index contributed by atoms with van der Waals surface area (Å²) in [7, 11) is -3.96. The Morgan fingerprint density at radius 2 is 1.62 bits per heavy atom. The van der Waals surface area contributed by atoms with Gasteiger partial charge in [-0.15, -0.1) is 0 Å². The third-order valence-corrected chi connectivity index (χ3v) is 6.26. The van der Waals surface area contributed by atoms with Crippen molar-refractivity contribution < 1.29 is 17.6 Å². The number of carbonyl (C=O) groups excluding carboxylic acids is 1. The Bertz CT molecular complexity index is 1160. The lowest BCUT2D eigenvalue weighted by Crippen LogP contribution is -2.36. The highest BCUT2D eigenvalue weighted by atomic mass is 32.2. The van der Waals surface area contributed by atoms with Gasteiger partial charge in [0.2, 0.25) is 0 Å². The van der Waals surface area contributed by atoms with Gasteiger partial charge >= 0.3 is 0 Å². The molecule has 0 unspecified atom stereocenters. The van der Waals surface area contributed by atoms with Crippen LogP contribution in [0.5, 0.6) is 0 Å². The first-order chi connectivity index (χ1) is 14.0. The number of nitrogens with zero attached hydrogens (tertiary/aromatic N) is 1. The fourth-order valence-electron chi connectivity index (χ4n) is 3.47. The molecule has 0 radical (unpaired) electrons. The van der Waals surface area contributed by atoms with E-state index >= 15 is 0 Å². The van der Waals surface area contributed by atoms with Crippen LogP contribution in [0, 0.1) is 5.82 Å². The van der Waals surface area contributed by atoms with Crippen molar-refractivity contribution in [1.29, 1.82) is 0 Å². The minimum absolute atomic E-state index is 0.0792. The number of aryl methyl sites for hydroxylation is 1. The fraction of sp³-hybridized carbons (Fsp3) is 0.136. The molecule has 0 saturated carbocycles. The number of sulfonamides is 1. The van der Waals surface area contributed by atoms with Gasteiger partial charge < -0.3 is 4.90 Å². The van der Waals surface area contributed by atoms with Crippen molar-refractivity contribution in [2.24, 2.45) is 0 Å². The first-order valence-corrected chi connectivity index (χ1v) is 10.7. The zero-order chi connectivity index (χ0) is 20.4. The number of halogens is 1. The topological polar surface area (TPSA) is 66.5 Å².